The van der Waals surface area contributed by atoms with Gasteiger partial charge in [0.2, 0.25) is 10.0 Å². The highest BCUT2D eigenvalue weighted by molar-refractivity contribution is 7.89. The van der Waals surface area contributed by atoms with Gasteiger partial charge in [-0.3, -0.25) is 4.79 Å². The number of sulfonamides is 1. The number of benzene rings is 1. The minimum absolute atomic E-state index is 0.0422. The van der Waals surface area contributed by atoms with Crippen molar-refractivity contribution in [3.8, 4) is 0 Å². The third-order valence-electron chi connectivity index (χ3n) is 5.34. The first-order chi connectivity index (χ1) is 12.5. The summed E-state index contributed by atoms with van der Waals surface area (Å²) in [5.41, 5.74) is 1.76. The zero-order valence-corrected chi connectivity index (χ0v) is 16.4. The maximum absolute atomic E-state index is 12.9. The van der Waals surface area contributed by atoms with Crippen molar-refractivity contribution in [2.24, 2.45) is 0 Å². The van der Waals surface area contributed by atoms with Crippen LogP contribution < -0.4 is 0 Å². The van der Waals surface area contributed by atoms with Crippen molar-refractivity contribution < 1.29 is 13.2 Å². The molecule has 3 heterocycles. The minimum Gasteiger partial charge on any atom is -0.331 e. The number of hydrogen-bond donors (Lipinski definition) is 0. The van der Waals surface area contributed by atoms with Gasteiger partial charge in [0.15, 0.2) is 0 Å². The molecule has 2 aromatic rings. The average Bonchev–Trinajstić information content (AvgIpc) is 3.34. The summed E-state index contributed by atoms with van der Waals surface area (Å²) in [4.78, 5) is 16.4. The molecule has 1 fully saturated rings. The van der Waals surface area contributed by atoms with E-state index >= 15 is 0 Å². The Balaban J connectivity index is 1.55. The second kappa shape index (κ2) is 6.79. The van der Waals surface area contributed by atoms with Crippen molar-refractivity contribution >= 4 is 27.3 Å². The van der Waals surface area contributed by atoms with Crippen molar-refractivity contribution in [2.75, 3.05) is 19.6 Å². The molecular weight excluding hydrogens is 368 g/mol. The van der Waals surface area contributed by atoms with Gasteiger partial charge in [-0.2, -0.15) is 4.31 Å². The summed E-state index contributed by atoms with van der Waals surface area (Å²) < 4.78 is 26.7. The topological polar surface area (TPSA) is 57.7 Å². The highest BCUT2D eigenvalue weighted by Crippen LogP contribution is 2.33. The number of carbonyl (C=O) groups excluding carboxylic acids is 1. The number of rotatable bonds is 3. The quantitative estimate of drug-likeness (QED) is 0.808. The van der Waals surface area contributed by atoms with Gasteiger partial charge in [-0.1, -0.05) is 0 Å². The van der Waals surface area contributed by atoms with Crippen LogP contribution in [0, 0.1) is 0 Å². The van der Waals surface area contributed by atoms with Gasteiger partial charge in [-0.15, -0.1) is 11.3 Å². The smallest absolute Gasteiger partial charge is 0.254 e. The molecule has 138 valence electrons. The molecule has 0 N–H and O–H groups in total. The molecule has 26 heavy (non-hydrogen) atoms. The summed E-state index contributed by atoms with van der Waals surface area (Å²) in [5.74, 6) is -0.0422. The Morgan fingerprint density at radius 2 is 1.77 bits per heavy atom. The van der Waals surface area contributed by atoms with Crippen LogP contribution in [-0.4, -0.2) is 43.2 Å². The molecule has 0 unspecified atom stereocenters. The van der Waals surface area contributed by atoms with Gasteiger partial charge < -0.3 is 4.90 Å². The lowest BCUT2D eigenvalue weighted by Gasteiger charge is -2.33. The van der Waals surface area contributed by atoms with E-state index in [-0.39, 0.29) is 16.8 Å². The van der Waals surface area contributed by atoms with E-state index in [4.69, 9.17) is 0 Å². The fraction of sp³-hybridized carbons (Fsp3) is 0.421. The van der Waals surface area contributed by atoms with Gasteiger partial charge in [0, 0.05) is 30.1 Å². The molecule has 1 saturated heterocycles. The van der Waals surface area contributed by atoms with E-state index in [2.05, 4.69) is 18.4 Å². The van der Waals surface area contributed by atoms with E-state index in [1.807, 2.05) is 4.90 Å². The summed E-state index contributed by atoms with van der Waals surface area (Å²) in [6, 6.07) is 8.54. The SMILES string of the molecule is C[C@H]1c2ccsc2CCN1C(=O)c1ccc(S(=O)(=O)N2CCCC2)cc1. The van der Waals surface area contributed by atoms with E-state index in [9.17, 15) is 13.2 Å². The molecule has 1 aromatic carbocycles. The van der Waals surface area contributed by atoms with Crippen LogP contribution in [0.5, 0.6) is 0 Å². The number of hydrogen-bond acceptors (Lipinski definition) is 4. The van der Waals surface area contributed by atoms with Crippen LogP contribution in [0.4, 0.5) is 0 Å². The third kappa shape index (κ3) is 2.98. The maximum atomic E-state index is 12.9. The molecule has 0 aliphatic carbocycles. The lowest BCUT2D eigenvalue weighted by Crippen LogP contribution is -2.38. The molecule has 7 heteroatoms. The van der Waals surface area contributed by atoms with Gasteiger partial charge in [-0.05, 0) is 67.5 Å². The lowest BCUT2D eigenvalue weighted by molar-refractivity contribution is 0.0679. The van der Waals surface area contributed by atoms with Crippen LogP contribution in [0.15, 0.2) is 40.6 Å². The zero-order chi connectivity index (χ0) is 18.3. The van der Waals surface area contributed by atoms with Crippen molar-refractivity contribution in [1.82, 2.24) is 9.21 Å². The highest BCUT2D eigenvalue weighted by Gasteiger charge is 2.30. The maximum Gasteiger partial charge on any atom is 0.254 e. The molecule has 2 aliphatic rings. The number of nitrogens with zero attached hydrogens (tertiary/aromatic N) is 2. The van der Waals surface area contributed by atoms with Crippen molar-refractivity contribution in [3.63, 3.8) is 0 Å². The van der Waals surface area contributed by atoms with Gasteiger partial charge in [-0.25, -0.2) is 8.42 Å². The second-order valence-corrected chi connectivity index (χ2v) is 9.80. The van der Waals surface area contributed by atoms with Crippen LogP contribution >= 0.6 is 11.3 Å². The van der Waals surface area contributed by atoms with Gasteiger partial charge in [0.05, 0.1) is 10.9 Å². The predicted molar refractivity (Wildman–Crippen MR) is 102 cm³/mol. The molecule has 4 rings (SSSR count). The highest BCUT2D eigenvalue weighted by atomic mass is 32.2. The molecule has 0 bridgehead atoms. The van der Waals surface area contributed by atoms with Crippen molar-refractivity contribution in [2.45, 2.75) is 37.1 Å². The Hall–Kier alpha value is -1.70. The third-order valence-corrected chi connectivity index (χ3v) is 8.25. The summed E-state index contributed by atoms with van der Waals surface area (Å²) in [6.07, 6.45) is 2.70. The van der Waals surface area contributed by atoms with E-state index < -0.39 is 10.0 Å². The number of fused-ring (bicyclic) bond motifs is 1. The first kappa shape index (κ1) is 17.7. The molecule has 0 saturated carbocycles. The summed E-state index contributed by atoms with van der Waals surface area (Å²) in [7, 11) is -3.44. The Kier molecular flexibility index (Phi) is 4.62. The predicted octanol–water partition coefficient (Wildman–Crippen LogP) is 3.29. The van der Waals surface area contributed by atoms with E-state index in [0.717, 1.165) is 19.3 Å². The minimum atomic E-state index is -3.44. The van der Waals surface area contributed by atoms with Gasteiger partial charge >= 0.3 is 0 Å². The molecule has 1 aromatic heterocycles. The first-order valence-corrected chi connectivity index (χ1v) is 11.3. The molecule has 2 aliphatic heterocycles. The average molecular weight is 391 g/mol. The molecule has 1 atom stereocenters. The lowest BCUT2D eigenvalue weighted by atomic mass is 10.0. The molecule has 5 nitrogen and oxygen atoms in total. The molecule has 0 radical (unpaired) electrons. The van der Waals surface area contributed by atoms with Crippen molar-refractivity contribution in [3.05, 3.63) is 51.7 Å². The molecule has 0 spiro atoms. The number of thiophene rings is 1. The van der Waals surface area contributed by atoms with E-state index in [1.54, 1.807) is 35.6 Å². The second-order valence-electron chi connectivity index (χ2n) is 6.86. The van der Waals surface area contributed by atoms with Crippen LogP contribution in [0.1, 0.15) is 46.6 Å². The summed E-state index contributed by atoms with van der Waals surface area (Å²) in [6.45, 7) is 3.91. The Morgan fingerprint density at radius 1 is 1.08 bits per heavy atom. The van der Waals surface area contributed by atoms with Crippen LogP contribution in [0.3, 0.4) is 0 Å². The van der Waals surface area contributed by atoms with Crippen LogP contribution in [0.2, 0.25) is 0 Å². The normalized spacial score (nSPS) is 21.0. The first-order valence-electron chi connectivity index (χ1n) is 8.96. The monoisotopic (exact) mass is 390 g/mol. The van der Waals surface area contributed by atoms with Crippen LogP contribution in [0.25, 0.3) is 0 Å². The standard InChI is InChI=1S/C19H22N2O3S2/c1-14-17-9-13-25-18(17)8-12-21(14)19(22)15-4-6-16(7-5-15)26(23,24)20-10-2-3-11-20/h4-7,9,13-14H,2-3,8,10-12H2,1H3/t14-/m0/s1. The van der Waals surface area contributed by atoms with Crippen molar-refractivity contribution in [1.29, 1.82) is 0 Å². The van der Waals surface area contributed by atoms with E-state index in [0.29, 0.717) is 25.2 Å². The zero-order valence-electron chi connectivity index (χ0n) is 14.7. The van der Waals surface area contributed by atoms with Gasteiger partial charge in [0.25, 0.3) is 5.91 Å². The number of carbonyl (C=O) groups is 1. The molecular formula is C19H22N2O3S2. The number of amides is 1. The fourth-order valence-corrected chi connectivity index (χ4v) is 6.28. The van der Waals surface area contributed by atoms with Gasteiger partial charge in [0.1, 0.15) is 0 Å². The van der Waals surface area contributed by atoms with Crippen LogP contribution in [-0.2, 0) is 16.4 Å². The molecule has 1 amide bonds. The Bertz CT molecular complexity index is 913. The van der Waals surface area contributed by atoms with E-state index in [1.165, 1.54) is 14.7 Å². The Labute approximate surface area is 158 Å². The fourth-order valence-electron chi connectivity index (χ4n) is 3.80. The Morgan fingerprint density at radius 3 is 2.46 bits per heavy atom. The summed E-state index contributed by atoms with van der Waals surface area (Å²) in [5, 5.41) is 2.08. The summed E-state index contributed by atoms with van der Waals surface area (Å²) >= 11 is 1.75. The largest absolute Gasteiger partial charge is 0.331 e.